The number of nitrogens with zero attached hydrogens (tertiary/aromatic N) is 2. The van der Waals surface area contributed by atoms with Crippen molar-refractivity contribution in [1.29, 1.82) is 0 Å². The summed E-state index contributed by atoms with van der Waals surface area (Å²) >= 11 is 1.04. The van der Waals surface area contributed by atoms with Gasteiger partial charge in [0.25, 0.3) is 0 Å². The minimum absolute atomic E-state index is 0.0939. The fourth-order valence-corrected chi connectivity index (χ4v) is 4.43. The topological polar surface area (TPSA) is 73.7 Å². The maximum atomic E-state index is 12.7. The molecule has 0 aliphatic heterocycles. The number of ether oxygens (including phenoxy) is 3. The fraction of sp³-hybridized carbons (Fsp3) is 0.400. The first-order valence-corrected chi connectivity index (χ1v) is 10.1. The first-order valence-electron chi connectivity index (χ1n) is 9.26. The predicted octanol–water partition coefficient (Wildman–Crippen LogP) is 5.03. The summed E-state index contributed by atoms with van der Waals surface area (Å²) in [5.41, 5.74) is -0.705. The number of rotatable bonds is 8. The monoisotopic (exact) mass is 442 g/mol. The standard InChI is InChI=1S/C20H21F3N2O4S/c1-4-9-19(26,12-11-24-10-8-14(12)28-5-2)18-25-13-6-7-15(29-20(21,22)23)16(27-3)17(13)30-18/h6-8,10-11,26H,4-5,9H2,1-3H3. The lowest BCUT2D eigenvalue weighted by Crippen LogP contribution is -2.28. The van der Waals surface area contributed by atoms with Gasteiger partial charge in [-0.2, -0.15) is 0 Å². The molecule has 0 radical (unpaired) electrons. The van der Waals surface area contributed by atoms with E-state index in [1.54, 1.807) is 12.3 Å². The number of benzene rings is 1. The van der Waals surface area contributed by atoms with E-state index in [2.05, 4.69) is 14.7 Å². The molecule has 0 aliphatic rings. The zero-order valence-electron chi connectivity index (χ0n) is 16.6. The van der Waals surface area contributed by atoms with Gasteiger partial charge in [0.2, 0.25) is 0 Å². The normalized spacial score (nSPS) is 13.8. The minimum Gasteiger partial charge on any atom is -0.493 e. The van der Waals surface area contributed by atoms with Gasteiger partial charge in [-0.25, -0.2) is 4.98 Å². The molecule has 2 heterocycles. The van der Waals surface area contributed by atoms with Gasteiger partial charge >= 0.3 is 6.36 Å². The van der Waals surface area contributed by atoms with Gasteiger partial charge in [-0.05, 0) is 31.5 Å². The molecule has 0 saturated heterocycles. The third kappa shape index (κ3) is 4.29. The second-order valence-corrected chi connectivity index (χ2v) is 7.43. The number of hydrogen-bond donors (Lipinski definition) is 1. The average Bonchev–Trinajstić information content (AvgIpc) is 3.12. The van der Waals surface area contributed by atoms with Crippen LogP contribution >= 0.6 is 11.3 Å². The summed E-state index contributed by atoms with van der Waals surface area (Å²) in [7, 11) is 1.25. The zero-order valence-corrected chi connectivity index (χ0v) is 17.4. The molecule has 162 valence electrons. The van der Waals surface area contributed by atoms with Crippen LogP contribution in [0.1, 0.15) is 37.3 Å². The number of methoxy groups -OCH3 is 1. The quantitative estimate of drug-likeness (QED) is 0.527. The number of hydrogen-bond acceptors (Lipinski definition) is 7. The summed E-state index contributed by atoms with van der Waals surface area (Å²) in [6.45, 7) is 4.13. The van der Waals surface area contributed by atoms with Gasteiger partial charge in [0.05, 0.1) is 24.8 Å². The van der Waals surface area contributed by atoms with Crippen molar-refractivity contribution in [1.82, 2.24) is 9.97 Å². The fourth-order valence-electron chi connectivity index (χ4n) is 3.22. The van der Waals surface area contributed by atoms with Crippen molar-refractivity contribution in [2.45, 2.75) is 38.7 Å². The number of halogens is 3. The molecule has 1 aromatic carbocycles. The Morgan fingerprint density at radius 1 is 1.13 bits per heavy atom. The predicted molar refractivity (Wildman–Crippen MR) is 106 cm³/mol. The van der Waals surface area contributed by atoms with E-state index in [0.717, 1.165) is 17.4 Å². The lowest BCUT2D eigenvalue weighted by Gasteiger charge is -2.27. The van der Waals surface area contributed by atoms with Crippen LogP contribution in [-0.4, -0.2) is 35.2 Å². The first kappa shape index (κ1) is 22.1. The molecule has 3 rings (SSSR count). The van der Waals surface area contributed by atoms with E-state index in [1.165, 1.54) is 19.4 Å². The van der Waals surface area contributed by atoms with Crippen LogP contribution in [0, 0.1) is 0 Å². The second-order valence-electron chi connectivity index (χ2n) is 6.43. The van der Waals surface area contributed by atoms with E-state index in [4.69, 9.17) is 9.47 Å². The average molecular weight is 442 g/mol. The number of thiazole rings is 1. The van der Waals surface area contributed by atoms with Crippen molar-refractivity contribution in [3.05, 3.63) is 41.2 Å². The third-order valence-corrected chi connectivity index (χ3v) is 5.62. The molecule has 0 amide bonds. The van der Waals surface area contributed by atoms with Crippen LogP contribution in [0.2, 0.25) is 0 Å². The van der Waals surface area contributed by atoms with E-state index >= 15 is 0 Å². The smallest absolute Gasteiger partial charge is 0.493 e. The molecule has 0 aliphatic carbocycles. The van der Waals surface area contributed by atoms with E-state index in [0.29, 0.717) is 46.0 Å². The number of fused-ring (bicyclic) bond motifs is 1. The number of pyridine rings is 1. The van der Waals surface area contributed by atoms with Crippen LogP contribution in [0.5, 0.6) is 17.2 Å². The molecular formula is C20H21F3N2O4S. The molecular weight excluding hydrogens is 421 g/mol. The Morgan fingerprint density at radius 3 is 2.53 bits per heavy atom. The SMILES string of the molecule is CCCC(O)(c1nc2ccc(OC(F)(F)F)c(OC)c2s1)c1cnccc1OCC. The molecule has 10 heteroatoms. The van der Waals surface area contributed by atoms with Crippen molar-refractivity contribution >= 4 is 21.6 Å². The largest absolute Gasteiger partial charge is 0.573 e. The van der Waals surface area contributed by atoms with Gasteiger partial charge in [0.15, 0.2) is 11.5 Å². The zero-order chi connectivity index (χ0) is 21.9. The summed E-state index contributed by atoms with van der Waals surface area (Å²) < 4.78 is 53.5. The molecule has 30 heavy (non-hydrogen) atoms. The summed E-state index contributed by atoms with van der Waals surface area (Å²) in [4.78, 5) is 8.61. The summed E-state index contributed by atoms with van der Waals surface area (Å²) in [5, 5.41) is 12.0. The lowest BCUT2D eigenvalue weighted by molar-refractivity contribution is -0.275. The van der Waals surface area contributed by atoms with Gasteiger partial charge in [-0.3, -0.25) is 4.98 Å². The lowest BCUT2D eigenvalue weighted by atomic mass is 9.90. The number of aliphatic hydroxyl groups is 1. The minimum atomic E-state index is -4.86. The van der Waals surface area contributed by atoms with Gasteiger partial charge < -0.3 is 19.3 Å². The molecule has 0 spiro atoms. The maximum absolute atomic E-state index is 12.7. The summed E-state index contributed by atoms with van der Waals surface area (Å²) in [5.74, 6) is -0.0949. The Bertz CT molecular complexity index is 1020. The van der Waals surface area contributed by atoms with Crippen LogP contribution in [0.15, 0.2) is 30.6 Å². The molecule has 0 bridgehead atoms. The van der Waals surface area contributed by atoms with Crippen molar-refractivity contribution in [3.8, 4) is 17.2 Å². The third-order valence-electron chi connectivity index (χ3n) is 4.40. The summed E-state index contributed by atoms with van der Waals surface area (Å²) in [6.07, 6.45) is -0.857. The van der Waals surface area contributed by atoms with Gasteiger partial charge in [-0.1, -0.05) is 13.3 Å². The van der Waals surface area contributed by atoms with Crippen molar-refractivity contribution in [3.63, 3.8) is 0 Å². The van der Waals surface area contributed by atoms with Gasteiger partial charge in [0, 0.05) is 12.4 Å². The highest BCUT2D eigenvalue weighted by atomic mass is 32.1. The molecule has 1 N–H and O–H groups in total. The maximum Gasteiger partial charge on any atom is 0.573 e. The van der Waals surface area contributed by atoms with Crippen LogP contribution in [0.25, 0.3) is 10.2 Å². The Kier molecular flexibility index (Phi) is 6.37. The molecule has 1 unspecified atom stereocenters. The van der Waals surface area contributed by atoms with E-state index in [-0.39, 0.29) is 5.75 Å². The Labute approximate surface area is 175 Å². The molecule has 0 saturated carbocycles. The molecule has 3 aromatic rings. The van der Waals surface area contributed by atoms with Crippen LogP contribution < -0.4 is 14.2 Å². The summed E-state index contributed by atoms with van der Waals surface area (Å²) in [6, 6.07) is 4.20. The van der Waals surface area contributed by atoms with Crippen molar-refractivity contribution in [2.24, 2.45) is 0 Å². The highest BCUT2D eigenvalue weighted by Crippen LogP contribution is 2.46. The molecule has 0 fully saturated rings. The van der Waals surface area contributed by atoms with Crippen LogP contribution in [-0.2, 0) is 5.60 Å². The van der Waals surface area contributed by atoms with Crippen molar-refractivity contribution in [2.75, 3.05) is 13.7 Å². The molecule has 6 nitrogen and oxygen atoms in total. The number of alkyl halides is 3. The van der Waals surface area contributed by atoms with Crippen molar-refractivity contribution < 1.29 is 32.5 Å². The Morgan fingerprint density at radius 2 is 1.90 bits per heavy atom. The van der Waals surface area contributed by atoms with E-state index in [1.807, 2.05) is 13.8 Å². The van der Waals surface area contributed by atoms with E-state index in [9.17, 15) is 18.3 Å². The first-order chi connectivity index (χ1) is 14.2. The number of aromatic nitrogens is 2. The van der Waals surface area contributed by atoms with Gasteiger partial charge in [0.1, 0.15) is 21.1 Å². The molecule has 1 atom stereocenters. The van der Waals surface area contributed by atoms with E-state index < -0.39 is 17.7 Å². The highest BCUT2D eigenvalue weighted by Gasteiger charge is 2.38. The Hall–Kier alpha value is -2.59. The van der Waals surface area contributed by atoms with Crippen LogP contribution in [0.3, 0.4) is 0 Å². The van der Waals surface area contributed by atoms with Crippen LogP contribution in [0.4, 0.5) is 13.2 Å². The van der Waals surface area contributed by atoms with Gasteiger partial charge in [-0.15, -0.1) is 24.5 Å². The highest BCUT2D eigenvalue weighted by molar-refractivity contribution is 7.19. The Balaban J connectivity index is 2.18. The molecule has 2 aromatic heterocycles. The second kappa shape index (κ2) is 8.65.